The quantitative estimate of drug-likeness (QED) is 0.390. The van der Waals surface area contributed by atoms with Crippen LogP contribution >= 0.6 is 0 Å². The first-order chi connectivity index (χ1) is 5.83. The molecule has 0 N–H and O–H groups in total. The number of unbranched alkanes of at least 4 members (excludes halogenated alkanes) is 2. The lowest BCUT2D eigenvalue weighted by Crippen LogP contribution is -1.91. The summed E-state index contributed by atoms with van der Waals surface area (Å²) < 4.78 is 0. The van der Waals surface area contributed by atoms with Crippen LogP contribution < -0.4 is 0 Å². The highest BCUT2D eigenvalue weighted by molar-refractivity contribution is 5.21. The molecule has 0 fully saturated rings. The van der Waals surface area contributed by atoms with E-state index in [0.717, 1.165) is 5.92 Å². The van der Waals surface area contributed by atoms with E-state index in [1.165, 1.54) is 44.9 Å². The second kappa shape index (κ2) is 5.40. The van der Waals surface area contributed by atoms with Crippen molar-refractivity contribution >= 4 is 0 Å². The molecule has 0 saturated carbocycles. The highest BCUT2D eigenvalue weighted by atomic mass is 14.1. The zero-order chi connectivity index (χ0) is 8.81. The Morgan fingerprint density at radius 1 is 1.33 bits per heavy atom. The minimum Gasteiger partial charge on any atom is -0.0810 e. The van der Waals surface area contributed by atoms with Crippen LogP contribution in [-0.4, -0.2) is 0 Å². The highest BCUT2D eigenvalue weighted by Gasteiger charge is 2.05. The molecule has 1 atom stereocenters. The first kappa shape index (κ1) is 9.83. The molecule has 0 amide bonds. The van der Waals surface area contributed by atoms with E-state index >= 15 is 0 Å². The van der Waals surface area contributed by atoms with Crippen molar-refractivity contribution in [1.29, 1.82) is 0 Å². The molecule has 0 spiro atoms. The Balaban J connectivity index is 1.78. The Morgan fingerprint density at radius 3 is 2.67 bits per heavy atom. The van der Waals surface area contributed by atoms with Crippen LogP contribution in [0.2, 0.25) is 0 Å². The van der Waals surface area contributed by atoms with Gasteiger partial charge in [-0.15, -0.1) is 0 Å². The molecule has 0 radical (unpaired) electrons. The highest BCUT2D eigenvalue weighted by Crippen LogP contribution is 2.25. The van der Waals surface area contributed by atoms with E-state index in [-0.39, 0.29) is 0 Å². The maximum absolute atomic E-state index is 2.36. The van der Waals surface area contributed by atoms with Crippen LogP contribution in [0.5, 0.6) is 0 Å². The van der Waals surface area contributed by atoms with Crippen molar-refractivity contribution < 1.29 is 0 Å². The molecule has 0 aliphatic heterocycles. The lowest BCUT2D eigenvalue weighted by molar-refractivity contribution is 0.478. The average Bonchev–Trinajstić information content (AvgIpc) is 2.87. The maximum Gasteiger partial charge on any atom is -0.0136 e. The van der Waals surface area contributed by atoms with Crippen molar-refractivity contribution in [3.63, 3.8) is 0 Å². The zero-order valence-electron chi connectivity index (χ0n) is 8.60. The van der Waals surface area contributed by atoms with Gasteiger partial charge in [-0.1, -0.05) is 51.2 Å². The fraction of sp³-hybridized carbons (Fsp3) is 0.833. The second-order valence-electron chi connectivity index (χ2n) is 4.18. The summed E-state index contributed by atoms with van der Waals surface area (Å²) in [5.41, 5.74) is 1.71. The second-order valence-corrected chi connectivity index (χ2v) is 4.18. The molecule has 70 valence electrons. The largest absolute Gasteiger partial charge is 0.0810 e. The Kier molecular flexibility index (Phi) is 4.42. The minimum atomic E-state index is 0.949. The van der Waals surface area contributed by atoms with Crippen molar-refractivity contribution in [2.24, 2.45) is 5.92 Å². The van der Waals surface area contributed by atoms with E-state index in [9.17, 15) is 0 Å². The SMILES string of the molecule is CCC(C)CCCCCC1=CC1. The van der Waals surface area contributed by atoms with Gasteiger partial charge >= 0.3 is 0 Å². The summed E-state index contributed by atoms with van der Waals surface area (Å²) in [5, 5.41) is 0. The standard InChI is InChI=1S/C12H22/c1-3-11(2)7-5-4-6-8-12-9-10-12/h9,11H,3-8,10H2,1-2H3. The Morgan fingerprint density at radius 2 is 2.08 bits per heavy atom. The molecule has 0 bridgehead atoms. The first-order valence-corrected chi connectivity index (χ1v) is 5.50. The number of hydrogen-bond donors (Lipinski definition) is 0. The van der Waals surface area contributed by atoms with Crippen LogP contribution in [0.15, 0.2) is 11.6 Å². The summed E-state index contributed by atoms with van der Waals surface area (Å²) in [6, 6.07) is 0. The van der Waals surface area contributed by atoms with Gasteiger partial charge < -0.3 is 0 Å². The van der Waals surface area contributed by atoms with Gasteiger partial charge in [0.25, 0.3) is 0 Å². The van der Waals surface area contributed by atoms with E-state index in [0.29, 0.717) is 0 Å². The van der Waals surface area contributed by atoms with Gasteiger partial charge in [-0.2, -0.15) is 0 Å². The molecule has 12 heavy (non-hydrogen) atoms. The van der Waals surface area contributed by atoms with Crippen molar-refractivity contribution in [3.8, 4) is 0 Å². The Hall–Kier alpha value is -0.260. The van der Waals surface area contributed by atoms with Crippen LogP contribution in [-0.2, 0) is 0 Å². The molecule has 0 aromatic heterocycles. The molecular weight excluding hydrogens is 144 g/mol. The first-order valence-electron chi connectivity index (χ1n) is 5.50. The van der Waals surface area contributed by atoms with E-state index in [2.05, 4.69) is 19.9 Å². The fourth-order valence-corrected chi connectivity index (χ4v) is 1.50. The maximum atomic E-state index is 2.36. The average molecular weight is 166 g/mol. The van der Waals surface area contributed by atoms with Gasteiger partial charge in [0.05, 0.1) is 0 Å². The molecular formula is C12H22. The third-order valence-corrected chi connectivity index (χ3v) is 2.88. The van der Waals surface area contributed by atoms with Gasteiger partial charge in [0.2, 0.25) is 0 Å². The monoisotopic (exact) mass is 166 g/mol. The molecule has 0 aromatic rings. The van der Waals surface area contributed by atoms with Crippen LogP contribution in [0.1, 0.15) is 58.8 Å². The van der Waals surface area contributed by atoms with E-state index in [1.54, 1.807) is 5.57 Å². The molecule has 1 unspecified atom stereocenters. The third kappa shape index (κ3) is 4.58. The topological polar surface area (TPSA) is 0 Å². The molecule has 0 saturated heterocycles. The fourth-order valence-electron chi connectivity index (χ4n) is 1.50. The molecule has 0 heterocycles. The molecule has 1 rings (SSSR count). The van der Waals surface area contributed by atoms with Crippen LogP contribution in [0.3, 0.4) is 0 Å². The smallest absolute Gasteiger partial charge is 0.0136 e. The summed E-state index contributed by atoms with van der Waals surface area (Å²) >= 11 is 0. The number of hydrogen-bond acceptors (Lipinski definition) is 0. The Bertz CT molecular complexity index is 144. The van der Waals surface area contributed by atoms with E-state index in [1.807, 2.05) is 0 Å². The summed E-state index contributed by atoms with van der Waals surface area (Å²) in [4.78, 5) is 0. The normalized spacial score (nSPS) is 17.3. The molecule has 0 aromatic carbocycles. The van der Waals surface area contributed by atoms with Crippen molar-refractivity contribution in [3.05, 3.63) is 11.6 Å². The summed E-state index contributed by atoms with van der Waals surface area (Å²) in [6.45, 7) is 4.66. The lowest BCUT2D eigenvalue weighted by Gasteiger charge is -2.06. The van der Waals surface area contributed by atoms with Gasteiger partial charge in [0, 0.05) is 0 Å². The van der Waals surface area contributed by atoms with Gasteiger partial charge in [-0.05, 0) is 25.2 Å². The molecule has 1 aliphatic carbocycles. The molecule has 1 aliphatic rings. The predicted octanol–water partition coefficient (Wildman–Crippen LogP) is 4.31. The van der Waals surface area contributed by atoms with Gasteiger partial charge in [-0.3, -0.25) is 0 Å². The summed E-state index contributed by atoms with van der Waals surface area (Å²) in [5.74, 6) is 0.949. The zero-order valence-corrected chi connectivity index (χ0v) is 8.60. The predicted molar refractivity (Wildman–Crippen MR) is 55.2 cm³/mol. The van der Waals surface area contributed by atoms with Crippen LogP contribution in [0, 0.1) is 5.92 Å². The molecule has 0 heteroatoms. The summed E-state index contributed by atoms with van der Waals surface area (Å²) in [6.07, 6.45) is 12.2. The van der Waals surface area contributed by atoms with E-state index in [4.69, 9.17) is 0 Å². The summed E-state index contributed by atoms with van der Waals surface area (Å²) in [7, 11) is 0. The number of allylic oxidation sites excluding steroid dienone is 2. The van der Waals surface area contributed by atoms with Crippen molar-refractivity contribution in [2.45, 2.75) is 58.8 Å². The van der Waals surface area contributed by atoms with Crippen LogP contribution in [0.4, 0.5) is 0 Å². The number of rotatable bonds is 7. The molecule has 0 nitrogen and oxygen atoms in total. The van der Waals surface area contributed by atoms with Gasteiger partial charge in [0.1, 0.15) is 0 Å². The van der Waals surface area contributed by atoms with Gasteiger partial charge in [0.15, 0.2) is 0 Å². The van der Waals surface area contributed by atoms with E-state index < -0.39 is 0 Å². The lowest BCUT2D eigenvalue weighted by atomic mass is 10.0. The third-order valence-electron chi connectivity index (χ3n) is 2.88. The van der Waals surface area contributed by atoms with Crippen LogP contribution in [0.25, 0.3) is 0 Å². The van der Waals surface area contributed by atoms with Gasteiger partial charge in [-0.25, -0.2) is 0 Å². The Labute approximate surface area is 77.1 Å². The minimum absolute atomic E-state index is 0.949. The van der Waals surface area contributed by atoms with Crippen molar-refractivity contribution in [1.82, 2.24) is 0 Å². The van der Waals surface area contributed by atoms with Crippen molar-refractivity contribution in [2.75, 3.05) is 0 Å².